The van der Waals surface area contributed by atoms with E-state index in [4.69, 9.17) is 22.1 Å². The normalized spacial score (nSPS) is 10.9. The van der Waals surface area contributed by atoms with Gasteiger partial charge in [-0.2, -0.15) is 0 Å². The van der Waals surface area contributed by atoms with Crippen LogP contribution in [0.3, 0.4) is 0 Å². The number of fused-ring (bicyclic) bond motifs is 1. The molecule has 0 unspecified atom stereocenters. The van der Waals surface area contributed by atoms with Crippen LogP contribution in [0.25, 0.3) is 11.0 Å². The van der Waals surface area contributed by atoms with Gasteiger partial charge >= 0.3 is 0 Å². The van der Waals surface area contributed by atoms with Crippen molar-refractivity contribution in [3.8, 4) is 11.5 Å². The van der Waals surface area contributed by atoms with Crippen molar-refractivity contribution in [2.45, 2.75) is 6.92 Å². The summed E-state index contributed by atoms with van der Waals surface area (Å²) in [6, 6.07) is 11.0. The summed E-state index contributed by atoms with van der Waals surface area (Å²) >= 11 is 6.10. The molecule has 0 aliphatic heterocycles. The van der Waals surface area contributed by atoms with Gasteiger partial charge in [-0.25, -0.2) is 4.98 Å². The van der Waals surface area contributed by atoms with E-state index in [0.29, 0.717) is 22.2 Å². The molecule has 3 rings (SSSR count). The second-order valence-corrected chi connectivity index (χ2v) is 5.07. The van der Waals surface area contributed by atoms with Crippen LogP contribution in [0.1, 0.15) is 5.82 Å². The summed E-state index contributed by atoms with van der Waals surface area (Å²) < 4.78 is 7.82. The van der Waals surface area contributed by atoms with Gasteiger partial charge in [0, 0.05) is 18.8 Å². The molecule has 0 saturated carbocycles. The number of imidazole rings is 1. The first-order chi connectivity index (χ1) is 9.54. The summed E-state index contributed by atoms with van der Waals surface area (Å²) in [5.41, 5.74) is 8.24. The number of ether oxygens (including phenoxy) is 1. The number of aromatic nitrogens is 2. The minimum atomic E-state index is 0.488. The third kappa shape index (κ3) is 2.18. The van der Waals surface area contributed by atoms with E-state index in [1.54, 1.807) is 18.2 Å². The number of nitrogens with two attached hydrogens (primary N) is 1. The first kappa shape index (κ1) is 12.8. The predicted octanol–water partition coefficient (Wildman–Crippen LogP) is 3.91. The van der Waals surface area contributed by atoms with Crippen molar-refractivity contribution < 1.29 is 4.74 Å². The zero-order valence-corrected chi connectivity index (χ0v) is 12.0. The number of rotatable bonds is 2. The van der Waals surface area contributed by atoms with Crippen molar-refractivity contribution in [1.82, 2.24) is 9.55 Å². The second kappa shape index (κ2) is 4.72. The van der Waals surface area contributed by atoms with Gasteiger partial charge in [0.2, 0.25) is 0 Å². The van der Waals surface area contributed by atoms with Gasteiger partial charge in [0.05, 0.1) is 16.1 Å². The van der Waals surface area contributed by atoms with Crippen molar-refractivity contribution in [1.29, 1.82) is 0 Å². The molecule has 0 fully saturated rings. The molecule has 4 nitrogen and oxygen atoms in total. The highest BCUT2D eigenvalue weighted by Crippen LogP contribution is 2.32. The molecule has 5 heteroatoms. The molecular weight excluding hydrogens is 274 g/mol. The second-order valence-electron chi connectivity index (χ2n) is 4.66. The summed E-state index contributed by atoms with van der Waals surface area (Å²) in [6.45, 7) is 1.97. The lowest BCUT2D eigenvalue weighted by atomic mass is 10.3. The van der Waals surface area contributed by atoms with E-state index in [0.717, 1.165) is 16.9 Å². The van der Waals surface area contributed by atoms with Gasteiger partial charge in [-0.05, 0) is 37.3 Å². The summed E-state index contributed by atoms with van der Waals surface area (Å²) in [6.07, 6.45) is 0. The van der Waals surface area contributed by atoms with Gasteiger partial charge in [0.15, 0.2) is 0 Å². The fourth-order valence-corrected chi connectivity index (χ4v) is 2.32. The zero-order valence-electron chi connectivity index (χ0n) is 11.2. The number of hydrogen-bond acceptors (Lipinski definition) is 3. The summed E-state index contributed by atoms with van der Waals surface area (Å²) in [4.78, 5) is 4.48. The van der Waals surface area contributed by atoms with Crippen LogP contribution in [0.2, 0.25) is 5.02 Å². The fraction of sp³-hybridized carbons (Fsp3) is 0.133. The van der Waals surface area contributed by atoms with Crippen LogP contribution in [-0.4, -0.2) is 9.55 Å². The Bertz CT molecular complexity index is 795. The van der Waals surface area contributed by atoms with Gasteiger partial charge in [0.1, 0.15) is 17.3 Å². The van der Waals surface area contributed by atoms with E-state index in [9.17, 15) is 0 Å². The Kier molecular flexibility index (Phi) is 3.03. The maximum atomic E-state index is 6.10. The Balaban J connectivity index is 1.98. The molecule has 3 aromatic rings. The Morgan fingerprint density at radius 2 is 2.00 bits per heavy atom. The molecule has 0 bridgehead atoms. The number of aryl methyl sites for hydroxylation is 2. The molecule has 0 saturated heterocycles. The van der Waals surface area contributed by atoms with E-state index in [1.165, 1.54) is 0 Å². The predicted molar refractivity (Wildman–Crippen MR) is 81.4 cm³/mol. The smallest absolute Gasteiger partial charge is 0.146 e. The van der Waals surface area contributed by atoms with Gasteiger partial charge in [0.25, 0.3) is 0 Å². The van der Waals surface area contributed by atoms with Crippen molar-refractivity contribution >= 4 is 28.3 Å². The largest absolute Gasteiger partial charge is 0.456 e. The third-order valence-corrected chi connectivity index (χ3v) is 3.56. The van der Waals surface area contributed by atoms with Gasteiger partial charge in [-0.15, -0.1) is 0 Å². The average molecular weight is 288 g/mol. The molecule has 0 radical (unpaired) electrons. The first-order valence-corrected chi connectivity index (χ1v) is 6.58. The van der Waals surface area contributed by atoms with E-state index in [-0.39, 0.29) is 0 Å². The van der Waals surface area contributed by atoms with Crippen LogP contribution >= 0.6 is 11.6 Å². The van der Waals surface area contributed by atoms with Crippen molar-refractivity contribution in [2.24, 2.45) is 7.05 Å². The number of halogens is 1. The molecule has 0 amide bonds. The Morgan fingerprint density at radius 3 is 2.75 bits per heavy atom. The molecular formula is C15H14ClN3O. The van der Waals surface area contributed by atoms with Crippen LogP contribution in [0.15, 0.2) is 36.4 Å². The highest BCUT2D eigenvalue weighted by Gasteiger charge is 2.08. The third-order valence-electron chi connectivity index (χ3n) is 3.26. The zero-order chi connectivity index (χ0) is 14.3. The average Bonchev–Trinajstić information content (AvgIpc) is 2.68. The van der Waals surface area contributed by atoms with E-state index in [1.807, 2.05) is 36.7 Å². The molecule has 0 aliphatic carbocycles. The van der Waals surface area contributed by atoms with Gasteiger partial charge < -0.3 is 15.0 Å². The summed E-state index contributed by atoms with van der Waals surface area (Å²) in [5, 5.41) is 0.488. The molecule has 0 atom stereocenters. The Hall–Kier alpha value is -2.20. The van der Waals surface area contributed by atoms with Crippen LogP contribution in [0.5, 0.6) is 11.5 Å². The molecule has 102 valence electrons. The van der Waals surface area contributed by atoms with E-state index >= 15 is 0 Å². The number of anilines is 1. The molecule has 2 N–H and O–H groups in total. The van der Waals surface area contributed by atoms with Crippen molar-refractivity contribution in [3.63, 3.8) is 0 Å². The summed E-state index contributed by atoms with van der Waals surface area (Å²) in [7, 11) is 1.99. The van der Waals surface area contributed by atoms with Crippen molar-refractivity contribution in [2.75, 3.05) is 5.73 Å². The SMILES string of the molecule is Cc1nc2cc(Oc3ccc(N)cc3Cl)ccc2n1C. The standard InChI is InChI=1S/C15H14ClN3O/c1-9-18-13-8-11(4-5-14(13)19(9)2)20-15-6-3-10(17)7-12(15)16/h3-8H,17H2,1-2H3. The Morgan fingerprint density at radius 1 is 1.20 bits per heavy atom. The fourth-order valence-electron chi connectivity index (χ4n) is 2.09. The molecule has 0 spiro atoms. The minimum absolute atomic E-state index is 0.488. The monoisotopic (exact) mass is 287 g/mol. The lowest BCUT2D eigenvalue weighted by molar-refractivity contribution is 0.483. The maximum Gasteiger partial charge on any atom is 0.146 e. The quantitative estimate of drug-likeness (QED) is 0.727. The lowest BCUT2D eigenvalue weighted by Crippen LogP contribution is -1.90. The molecule has 0 aliphatic rings. The minimum Gasteiger partial charge on any atom is -0.456 e. The van der Waals surface area contributed by atoms with Crippen LogP contribution in [0, 0.1) is 6.92 Å². The van der Waals surface area contributed by atoms with Crippen molar-refractivity contribution in [3.05, 3.63) is 47.2 Å². The number of hydrogen-bond donors (Lipinski definition) is 1. The molecule has 20 heavy (non-hydrogen) atoms. The molecule has 2 aromatic carbocycles. The summed E-state index contributed by atoms with van der Waals surface area (Å²) in [5.74, 6) is 2.23. The van der Waals surface area contributed by atoms with E-state index < -0.39 is 0 Å². The molecule has 1 aromatic heterocycles. The number of nitrogens with zero attached hydrogens (tertiary/aromatic N) is 2. The van der Waals surface area contributed by atoms with Gasteiger partial charge in [-0.1, -0.05) is 11.6 Å². The molecule has 1 heterocycles. The van der Waals surface area contributed by atoms with E-state index in [2.05, 4.69) is 4.98 Å². The van der Waals surface area contributed by atoms with Gasteiger partial charge in [-0.3, -0.25) is 0 Å². The number of nitrogen functional groups attached to an aromatic ring is 1. The highest BCUT2D eigenvalue weighted by molar-refractivity contribution is 6.32. The van der Waals surface area contributed by atoms with Crippen LogP contribution in [0.4, 0.5) is 5.69 Å². The topological polar surface area (TPSA) is 53.1 Å². The number of benzene rings is 2. The highest BCUT2D eigenvalue weighted by atomic mass is 35.5. The first-order valence-electron chi connectivity index (χ1n) is 6.20. The maximum absolute atomic E-state index is 6.10. The lowest BCUT2D eigenvalue weighted by Gasteiger charge is -2.08. The Labute approximate surface area is 121 Å². The van der Waals surface area contributed by atoms with Crippen LogP contribution < -0.4 is 10.5 Å². The van der Waals surface area contributed by atoms with Crippen LogP contribution in [-0.2, 0) is 7.05 Å².